The fourth-order valence-electron chi connectivity index (χ4n) is 2.69. The monoisotopic (exact) mass is 306 g/mol. The summed E-state index contributed by atoms with van der Waals surface area (Å²) in [5.41, 5.74) is 10.0. The molecule has 0 unspecified atom stereocenters. The molecule has 0 fully saturated rings. The van der Waals surface area contributed by atoms with Crippen molar-refractivity contribution in [1.29, 1.82) is 0 Å². The van der Waals surface area contributed by atoms with Gasteiger partial charge in [-0.05, 0) is 30.7 Å². The van der Waals surface area contributed by atoms with E-state index in [1.165, 1.54) is 6.20 Å². The third-order valence-corrected chi connectivity index (χ3v) is 3.79. The van der Waals surface area contributed by atoms with E-state index in [0.29, 0.717) is 17.1 Å². The Kier molecular flexibility index (Phi) is 2.80. The number of imidazole rings is 2. The van der Waals surface area contributed by atoms with Gasteiger partial charge in [-0.25, -0.2) is 9.97 Å². The molecule has 4 N–H and O–H groups in total. The highest BCUT2D eigenvalue weighted by atomic mass is 16.1. The summed E-state index contributed by atoms with van der Waals surface area (Å²) in [5.74, 6) is 0.463. The summed E-state index contributed by atoms with van der Waals surface area (Å²) in [7, 11) is 0. The minimum atomic E-state index is -0.267. The second-order valence-electron chi connectivity index (χ2n) is 5.35. The number of H-pyrrole nitrogens is 2. The largest absolute Gasteiger partial charge is 0.398 e. The Bertz CT molecular complexity index is 1060. The van der Waals surface area contributed by atoms with Crippen molar-refractivity contribution in [3.8, 4) is 17.1 Å². The number of benzene rings is 1. The number of nitrogens with one attached hydrogen (secondary N) is 2. The zero-order valence-corrected chi connectivity index (χ0v) is 12.4. The van der Waals surface area contributed by atoms with E-state index in [1.54, 1.807) is 18.6 Å². The molecule has 1 aromatic carbocycles. The first kappa shape index (κ1) is 13.3. The van der Waals surface area contributed by atoms with Crippen molar-refractivity contribution in [2.24, 2.45) is 0 Å². The van der Waals surface area contributed by atoms with Gasteiger partial charge in [-0.3, -0.25) is 4.79 Å². The summed E-state index contributed by atoms with van der Waals surface area (Å²) in [6.45, 7) is 1.98. The first-order valence-electron chi connectivity index (χ1n) is 7.10. The van der Waals surface area contributed by atoms with Crippen molar-refractivity contribution in [1.82, 2.24) is 24.5 Å². The number of pyridine rings is 1. The van der Waals surface area contributed by atoms with Gasteiger partial charge >= 0.3 is 0 Å². The molecule has 4 rings (SSSR count). The van der Waals surface area contributed by atoms with Gasteiger partial charge in [0.15, 0.2) is 0 Å². The van der Waals surface area contributed by atoms with Crippen LogP contribution in [0.2, 0.25) is 0 Å². The summed E-state index contributed by atoms with van der Waals surface area (Å²) in [6.07, 6.45) is 6.85. The Morgan fingerprint density at radius 1 is 1.30 bits per heavy atom. The highest BCUT2D eigenvalue weighted by Crippen LogP contribution is 2.26. The van der Waals surface area contributed by atoms with Gasteiger partial charge in [0, 0.05) is 30.0 Å². The van der Waals surface area contributed by atoms with E-state index in [0.717, 1.165) is 22.3 Å². The molecule has 0 aliphatic heterocycles. The van der Waals surface area contributed by atoms with Crippen LogP contribution in [-0.4, -0.2) is 24.5 Å². The number of anilines is 1. The van der Waals surface area contributed by atoms with Crippen molar-refractivity contribution in [2.45, 2.75) is 6.92 Å². The molecule has 3 aromatic heterocycles. The average Bonchev–Trinajstić information content (AvgIpc) is 3.16. The van der Waals surface area contributed by atoms with Crippen molar-refractivity contribution < 1.29 is 0 Å². The molecule has 3 heterocycles. The van der Waals surface area contributed by atoms with Crippen LogP contribution in [0.15, 0.2) is 47.9 Å². The van der Waals surface area contributed by atoms with Crippen LogP contribution in [0, 0.1) is 6.92 Å². The lowest BCUT2D eigenvalue weighted by atomic mass is 10.2. The van der Waals surface area contributed by atoms with Gasteiger partial charge in [-0.1, -0.05) is 0 Å². The van der Waals surface area contributed by atoms with E-state index < -0.39 is 0 Å². The molecule has 0 aliphatic carbocycles. The van der Waals surface area contributed by atoms with Gasteiger partial charge in [0.2, 0.25) is 0 Å². The first-order valence-corrected chi connectivity index (χ1v) is 7.10. The Hall–Kier alpha value is -3.35. The summed E-state index contributed by atoms with van der Waals surface area (Å²) >= 11 is 0. The lowest BCUT2D eigenvalue weighted by Crippen LogP contribution is -2.11. The molecule has 0 aliphatic rings. The summed E-state index contributed by atoms with van der Waals surface area (Å²) < 4.78 is 1.91. The topological polar surface area (TPSA) is 105 Å². The highest BCUT2D eigenvalue weighted by molar-refractivity contribution is 5.86. The van der Waals surface area contributed by atoms with E-state index in [1.807, 2.05) is 29.8 Å². The maximum Gasteiger partial charge on any atom is 0.261 e. The molecule has 4 aromatic rings. The van der Waals surface area contributed by atoms with Crippen LogP contribution in [0.4, 0.5) is 5.69 Å². The molecule has 114 valence electrons. The molecule has 0 saturated carbocycles. The number of nitrogen functional groups attached to an aromatic ring is 1. The third-order valence-electron chi connectivity index (χ3n) is 3.79. The molecule has 0 radical (unpaired) electrons. The fraction of sp³-hybridized carbons (Fsp3) is 0.0625. The fourth-order valence-corrected chi connectivity index (χ4v) is 2.69. The van der Waals surface area contributed by atoms with E-state index in [9.17, 15) is 4.79 Å². The molecule has 7 heteroatoms. The summed E-state index contributed by atoms with van der Waals surface area (Å²) in [6, 6.07) is 5.63. The third kappa shape index (κ3) is 2.10. The number of hydrogen-bond acceptors (Lipinski definition) is 4. The Morgan fingerprint density at radius 2 is 2.17 bits per heavy atom. The minimum Gasteiger partial charge on any atom is -0.398 e. The van der Waals surface area contributed by atoms with Crippen molar-refractivity contribution in [2.75, 3.05) is 5.73 Å². The Morgan fingerprint density at radius 3 is 2.91 bits per heavy atom. The molecule has 0 saturated heterocycles. The van der Waals surface area contributed by atoms with Crippen molar-refractivity contribution >= 4 is 16.7 Å². The van der Waals surface area contributed by atoms with Gasteiger partial charge in [0.25, 0.3) is 5.56 Å². The van der Waals surface area contributed by atoms with E-state index in [4.69, 9.17) is 5.73 Å². The Labute approximate surface area is 130 Å². The van der Waals surface area contributed by atoms with Gasteiger partial charge in [0.1, 0.15) is 11.4 Å². The highest BCUT2D eigenvalue weighted by Gasteiger charge is 2.14. The average molecular weight is 306 g/mol. The van der Waals surface area contributed by atoms with E-state index in [2.05, 4.69) is 19.9 Å². The predicted molar refractivity (Wildman–Crippen MR) is 88.4 cm³/mol. The van der Waals surface area contributed by atoms with E-state index in [-0.39, 0.29) is 5.56 Å². The normalized spacial score (nSPS) is 11.2. The number of nitrogens with zero attached hydrogens (tertiary/aromatic N) is 3. The SMILES string of the molecule is Cc1cc(-n2ccnc2)cc2[nH]c(-c3c(N)cc[nH]c3=O)nc12. The molecule has 0 bridgehead atoms. The second kappa shape index (κ2) is 4.84. The summed E-state index contributed by atoms with van der Waals surface area (Å²) in [4.78, 5) is 26.5. The lowest BCUT2D eigenvalue weighted by Gasteiger charge is -2.03. The molecular formula is C16H14N6O. The van der Waals surface area contributed by atoms with Crippen LogP contribution in [-0.2, 0) is 0 Å². The van der Waals surface area contributed by atoms with Crippen LogP contribution in [0.5, 0.6) is 0 Å². The van der Waals surface area contributed by atoms with Crippen LogP contribution in [0.1, 0.15) is 5.56 Å². The van der Waals surface area contributed by atoms with Crippen molar-refractivity contribution in [3.05, 3.63) is 59.0 Å². The number of fused-ring (bicyclic) bond motifs is 1. The maximum atomic E-state index is 12.0. The van der Waals surface area contributed by atoms with Crippen LogP contribution >= 0.6 is 0 Å². The number of aryl methyl sites for hydroxylation is 1. The Balaban J connectivity index is 1.95. The quantitative estimate of drug-likeness (QED) is 0.526. The van der Waals surface area contributed by atoms with Gasteiger partial charge in [-0.2, -0.15) is 0 Å². The number of aromatic nitrogens is 5. The van der Waals surface area contributed by atoms with Crippen molar-refractivity contribution in [3.63, 3.8) is 0 Å². The zero-order chi connectivity index (χ0) is 16.0. The molecule has 23 heavy (non-hydrogen) atoms. The maximum absolute atomic E-state index is 12.0. The van der Waals surface area contributed by atoms with Gasteiger partial charge in [0.05, 0.1) is 17.4 Å². The zero-order valence-electron chi connectivity index (χ0n) is 12.4. The van der Waals surface area contributed by atoms with Crippen LogP contribution in [0.3, 0.4) is 0 Å². The molecular weight excluding hydrogens is 292 g/mol. The molecule has 7 nitrogen and oxygen atoms in total. The number of nitrogens with two attached hydrogens (primary N) is 1. The van der Waals surface area contributed by atoms with Crippen LogP contribution < -0.4 is 11.3 Å². The lowest BCUT2D eigenvalue weighted by molar-refractivity contribution is 1.06. The molecule has 0 spiro atoms. The number of rotatable bonds is 2. The van der Waals surface area contributed by atoms with E-state index >= 15 is 0 Å². The minimum absolute atomic E-state index is 0.267. The second-order valence-corrected chi connectivity index (χ2v) is 5.35. The smallest absolute Gasteiger partial charge is 0.261 e. The molecule has 0 amide bonds. The summed E-state index contributed by atoms with van der Waals surface area (Å²) in [5, 5.41) is 0. The van der Waals surface area contributed by atoms with Gasteiger partial charge in [-0.15, -0.1) is 0 Å². The standard InChI is InChI=1S/C16H14N6O/c1-9-6-10(22-5-4-18-8-22)7-12-14(9)21-15(20-12)13-11(17)2-3-19-16(13)23/h2-8H,1H3,(H,20,21)(H3,17,19,23). The predicted octanol–water partition coefficient (Wildman–Crippen LogP) is 1.99. The number of aromatic amines is 2. The van der Waals surface area contributed by atoms with Crippen LogP contribution in [0.25, 0.3) is 28.1 Å². The van der Waals surface area contributed by atoms with Gasteiger partial charge < -0.3 is 20.3 Å². The molecule has 0 atom stereocenters. The first-order chi connectivity index (χ1) is 11.1. The number of hydrogen-bond donors (Lipinski definition) is 3.